The van der Waals surface area contributed by atoms with E-state index < -0.39 is 23.5 Å². The summed E-state index contributed by atoms with van der Waals surface area (Å²) in [6, 6.07) is 5.12. The maximum atomic E-state index is 13.8. The van der Waals surface area contributed by atoms with Gasteiger partial charge in [-0.1, -0.05) is 6.07 Å². The van der Waals surface area contributed by atoms with Crippen molar-refractivity contribution in [3.63, 3.8) is 0 Å². The van der Waals surface area contributed by atoms with Crippen LogP contribution < -0.4 is 0 Å². The number of hydrogen-bond acceptors (Lipinski definition) is 3. The van der Waals surface area contributed by atoms with Crippen LogP contribution in [0.1, 0.15) is 12.5 Å². The van der Waals surface area contributed by atoms with Crippen LogP contribution in [0, 0.1) is 5.82 Å². The number of amides is 1. The van der Waals surface area contributed by atoms with E-state index in [0.717, 1.165) is 12.1 Å². The summed E-state index contributed by atoms with van der Waals surface area (Å²) in [5, 5.41) is 4.13. The molecular weight excluding hydrogens is 376 g/mol. The molecule has 1 aliphatic rings. The Balaban J connectivity index is 1.67. The van der Waals surface area contributed by atoms with E-state index in [-0.39, 0.29) is 25.5 Å². The average Bonchev–Trinajstić information content (AvgIpc) is 3.00. The molecule has 0 aliphatic carbocycles. The van der Waals surface area contributed by atoms with E-state index in [1.165, 1.54) is 28.0 Å². The molecule has 0 spiro atoms. The minimum Gasteiger partial charge on any atom is -0.335 e. The first-order chi connectivity index (χ1) is 13.2. The van der Waals surface area contributed by atoms with Gasteiger partial charge in [0.1, 0.15) is 24.1 Å². The van der Waals surface area contributed by atoms with Gasteiger partial charge in [0, 0.05) is 18.7 Å². The lowest BCUT2D eigenvalue weighted by molar-refractivity contribution is -0.139. The summed E-state index contributed by atoms with van der Waals surface area (Å²) in [4.78, 5) is 17.8. The quantitative estimate of drug-likeness (QED) is 0.639. The zero-order valence-electron chi connectivity index (χ0n) is 14.9. The second-order valence-electron chi connectivity index (χ2n) is 6.91. The van der Waals surface area contributed by atoms with Gasteiger partial charge in [-0.05, 0) is 23.8 Å². The van der Waals surface area contributed by atoms with Gasteiger partial charge in [0.2, 0.25) is 5.91 Å². The lowest BCUT2D eigenvalue weighted by Gasteiger charge is -2.34. The van der Waals surface area contributed by atoms with Crippen molar-refractivity contribution in [3.05, 3.63) is 48.0 Å². The standard InChI is InChI=1S/C19H16F4N4O/c1-19(22,23)14-4-11(2-3-15(14)21)12-5-17-16(24-6-12)7-25-27(17)10-18(28)26-8-13(20)9-26/h2-7,13H,8-10H2,1H3. The molecule has 1 fully saturated rings. The summed E-state index contributed by atoms with van der Waals surface area (Å²) < 4.78 is 55.4. The molecule has 1 saturated heterocycles. The average molecular weight is 392 g/mol. The molecule has 4 rings (SSSR count). The molecule has 0 radical (unpaired) electrons. The van der Waals surface area contributed by atoms with E-state index in [0.29, 0.717) is 29.1 Å². The Bertz CT molecular complexity index is 1050. The molecule has 1 aliphatic heterocycles. The topological polar surface area (TPSA) is 51.0 Å². The molecule has 3 heterocycles. The summed E-state index contributed by atoms with van der Waals surface area (Å²) in [6.45, 7) is 0.703. The number of aromatic nitrogens is 3. The van der Waals surface area contributed by atoms with E-state index in [1.54, 1.807) is 6.07 Å². The van der Waals surface area contributed by atoms with Gasteiger partial charge in [0.25, 0.3) is 5.92 Å². The molecule has 1 amide bonds. The predicted octanol–water partition coefficient (Wildman–Crippen LogP) is 3.53. The molecule has 5 nitrogen and oxygen atoms in total. The number of carbonyl (C=O) groups excluding carboxylic acids is 1. The van der Waals surface area contributed by atoms with Crippen LogP contribution >= 0.6 is 0 Å². The molecule has 9 heteroatoms. The fraction of sp³-hybridized carbons (Fsp3) is 0.316. The number of fused-ring (bicyclic) bond motifs is 1. The van der Waals surface area contributed by atoms with Gasteiger partial charge in [0.05, 0.1) is 30.4 Å². The minimum atomic E-state index is -3.32. The first kappa shape index (κ1) is 18.4. The predicted molar refractivity (Wildman–Crippen MR) is 94.0 cm³/mol. The van der Waals surface area contributed by atoms with Crippen LogP contribution in [-0.4, -0.2) is 44.8 Å². The SMILES string of the molecule is CC(F)(F)c1cc(-c2cnc3cnn(CC(=O)N4CC(F)C4)c3c2)ccc1F. The zero-order chi connectivity index (χ0) is 20.1. The molecule has 146 valence electrons. The van der Waals surface area contributed by atoms with Crippen molar-refractivity contribution in [3.8, 4) is 11.1 Å². The molecule has 0 saturated carbocycles. The van der Waals surface area contributed by atoms with Crippen molar-refractivity contribution in [2.75, 3.05) is 13.1 Å². The van der Waals surface area contributed by atoms with Crippen molar-refractivity contribution < 1.29 is 22.4 Å². The molecule has 2 aromatic heterocycles. The third-order valence-electron chi connectivity index (χ3n) is 4.74. The number of hydrogen-bond donors (Lipinski definition) is 0. The van der Waals surface area contributed by atoms with Crippen LogP contribution in [0.15, 0.2) is 36.7 Å². The molecule has 3 aromatic rings. The Morgan fingerprint density at radius 3 is 2.64 bits per heavy atom. The first-order valence-corrected chi connectivity index (χ1v) is 8.64. The number of likely N-dealkylation sites (tertiary alicyclic amines) is 1. The van der Waals surface area contributed by atoms with Crippen LogP contribution in [0.2, 0.25) is 0 Å². The first-order valence-electron chi connectivity index (χ1n) is 8.64. The number of rotatable bonds is 4. The van der Waals surface area contributed by atoms with E-state index in [4.69, 9.17) is 0 Å². The lowest BCUT2D eigenvalue weighted by Crippen LogP contribution is -2.52. The molecule has 0 atom stereocenters. The number of carbonyl (C=O) groups is 1. The van der Waals surface area contributed by atoms with Gasteiger partial charge in [-0.25, -0.2) is 17.6 Å². The Hall–Kier alpha value is -2.97. The fourth-order valence-electron chi connectivity index (χ4n) is 3.14. The fourth-order valence-corrected chi connectivity index (χ4v) is 3.14. The van der Waals surface area contributed by atoms with Crippen molar-refractivity contribution in [1.29, 1.82) is 0 Å². The Morgan fingerprint density at radius 2 is 1.96 bits per heavy atom. The van der Waals surface area contributed by atoms with Crippen molar-refractivity contribution in [2.24, 2.45) is 0 Å². The monoisotopic (exact) mass is 392 g/mol. The highest BCUT2D eigenvalue weighted by molar-refractivity contribution is 5.83. The maximum Gasteiger partial charge on any atom is 0.273 e. The summed E-state index contributed by atoms with van der Waals surface area (Å²) in [6.07, 6.45) is 1.97. The van der Waals surface area contributed by atoms with Gasteiger partial charge < -0.3 is 4.90 Å². The Kier molecular flexibility index (Phi) is 4.32. The van der Waals surface area contributed by atoms with Gasteiger partial charge in [-0.15, -0.1) is 0 Å². The van der Waals surface area contributed by atoms with Gasteiger partial charge in [-0.2, -0.15) is 5.10 Å². The van der Waals surface area contributed by atoms with Crippen molar-refractivity contribution >= 4 is 16.9 Å². The van der Waals surface area contributed by atoms with Crippen molar-refractivity contribution in [2.45, 2.75) is 25.6 Å². The summed E-state index contributed by atoms with van der Waals surface area (Å²) in [7, 11) is 0. The molecule has 1 aromatic carbocycles. The Labute approximate surface area is 157 Å². The van der Waals surface area contributed by atoms with Gasteiger partial charge in [0.15, 0.2) is 0 Å². The number of alkyl halides is 3. The lowest BCUT2D eigenvalue weighted by atomic mass is 10.0. The number of pyridine rings is 1. The normalized spacial score (nSPS) is 15.1. The van der Waals surface area contributed by atoms with Crippen LogP contribution in [0.4, 0.5) is 17.6 Å². The van der Waals surface area contributed by atoms with E-state index in [9.17, 15) is 22.4 Å². The van der Waals surface area contributed by atoms with E-state index >= 15 is 0 Å². The van der Waals surface area contributed by atoms with Gasteiger partial charge >= 0.3 is 0 Å². The van der Waals surface area contributed by atoms with Gasteiger partial charge in [-0.3, -0.25) is 14.5 Å². The minimum absolute atomic E-state index is 0.0745. The van der Waals surface area contributed by atoms with Crippen LogP contribution in [0.3, 0.4) is 0 Å². The number of benzene rings is 1. The third-order valence-corrected chi connectivity index (χ3v) is 4.74. The second kappa shape index (κ2) is 6.57. The number of halogens is 4. The maximum absolute atomic E-state index is 13.8. The summed E-state index contributed by atoms with van der Waals surface area (Å²) >= 11 is 0. The molecule has 0 N–H and O–H groups in total. The highest BCUT2D eigenvalue weighted by atomic mass is 19.3. The second-order valence-corrected chi connectivity index (χ2v) is 6.91. The smallest absolute Gasteiger partial charge is 0.273 e. The number of nitrogens with zero attached hydrogens (tertiary/aromatic N) is 4. The van der Waals surface area contributed by atoms with Crippen LogP contribution in [0.25, 0.3) is 22.2 Å². The third kappa shape index (κ3) is 3.32. The van der Waals surface area contributed by atoms with Crippen LogP contribution in [0.5, 0.6) is 0 Å². The Morgan fingerprint density at radius 1 is 1.21 bits per heavy atom. The zero-order valence-corrected chi connectivity index (χ0v) is 14.9. The molecule has 28 heavy (non-hydrogen) atoms. The van der Waals surface area contributed by atoms with Crippen molar-refractivity contribution in [1.82, 2.24) is 19.7 Å². The highest BCUT2D eigenvalue weighted by Crippen LogP contribution is 2.33. The molecular formula is C19H16F4N4O. The largest absolute Gasteiger partial charge is 0.335 e. The highest BCUT2D eigenvalue weighted by Gasteiger charge is 2.31. The molecule has 0 bridgehead atoms. The van der Waals surface area contributed by atoms with E-state index in [1.807, 2.05) is 0 Å². The molecule has 0 unspecified atom stereocenters. The summed E-state index contributed by atoms with van der Waals surface area (Å²) in [5.74, 6) is -4.57. The summed E-state index contributed by atoms with van der Waals surface area (Å²) in [5.41, 5.74) is 1.20. The van der Waals surface area contributed by atoms with Crippen LogP contribution in [-0.2, 0) is 17.3 Å². The van der Waals surface area contributed by atoms with E-state index in [2.05, 4.69) is 10.1 Å².